The third-order valence-electron chi connectivity index (χ3n) is 1.83. The molecule has 1 unspecified atom stereocenters. The molecule has 0 aromatic rings. The van der Waals surface area contributed by atoms with Gasteiger partial charge in [-0.2, -0.15) is 5.10 Å². The van der Waals surface area contributed by atoms with E-state index in [1.54, 1.807) is 5.01 Å². The third kappa shape index (κ3) is 4.43. The monoisotopic (exact) mass is 202 g/mol. The average Bonchev–Trinajstić information content (AvgIpc) is 1.96. The Balaban J connectivity index is 4.60. The van der Waals surface area contributed by atoms with Gasteiger partial charge in [-0.05, 0) is 6.42 Å². The number of aliphatic hydroxyl groups is 1. The van der Waals surface area contributed by atoms with E-state index in [9.17, 15) is 5.11 Å². The zero-order chi connectivity index (χ0) is 10.6. The second-order valence-corrected chi connectivity index (χ2v) is 9.84. The van der Waals surface area contributed by atoms with Gasteiger partial charge in [-0.15, -0.1) is 0 Å². The highest BCUT2D eigenvalue weighted by molar-refractivity contribution is 6.80. The summed E-state index contributed by atoms with van der Waals surface area (Å²) >= 11 is 0. The molecule has 0 aliphatic carbocycles. The molecular weight excluding hydrogens is 180 g/mol. The van der Waals surface area contributed by atoms with E-state index in [0.29, 0.717) is 0 Å². The van der Waals surface area contributed by atoms with Crippen LogP contribution in [0.15, 0.2) is 5.10 Å². The predicted molar refractivity (Wildman–Crippen MR) is 60.8 cm³/mol. The van der Waals surface area contributed by atoms with E-state index in [4.69, 9.17) is 0 Å². The van der Waals surface area contributed by atoms with Crippen LogP contribution in [0.2, 0.25) is 19.6 Å². The van der Waals surface area contributed by atoms with Crippen LogP contribution in [0.5, 0.6) is 0 Å². The molecule has 4 heteroatoms. The van der Waals surface area contributed by atoms with Crippen molar-refractivity contribution in [1.29, 1.82) is 0 Å². The molecular formula is C9H22N2OSi. The van der Waals surface area contributed by atoms with E-state index in [-0.39, 0.29) is 5.73 Å². The Morgan fingerprint density at radius 1 is 1.38 bits per heavy atom. The van der Waals surface area contributed by atoms with E-state index in [2.05, 4.69) is 24.7 Å². The zero-order valence-corrected chi connectivity index (χ0v) is 10.6. The van der Waals surface area contributed by atoms with Crippen LogP contribution in [0.1, 0.15) is 13.3 Å². The van der Waals surface area contributed by atoms with Crippen molar-refractivity contribution >= 4 is 13.8 Å². The van der Waals surface area contributed by atoms with Gasteiger partial charge in [-0.25, -0.2) is 0 Å². The first-order valence-electron chi connectivity index (χ1n) is 4.71. The molecule has 0 saturated heterocycles. The fourth-order valence-corrected chi connectivity index (χ4v) is 2.34. The van der Waals surface area contributed by atoms with Crippen molar-refractivity contribution in [3.05, 3.63) is 0 Å². The Hall–Kier alpha value is -0.353. The molecule has 0 aliphatic rings. The van der Waals surface area contributed by atoms with Gasteiger partial charge in [0, 0.05) is 14.1 Å². The first-order chi connectivity index (χ1) is 5.79. The predicted octanol–water partition coefficient (Wildman–Crippen LogP) is 1.55. The fourth-order valence-electron chi connectivity index (χ4n) is 1.08. The van der Waals surface area contributed by atoms with Crippen LogP contribution in [0.25, 0.3) is 0 Å². The maximum absolute atomic E-state index is 10.00. The van der Waals surface area contributed by atoms with Gasteiger partial charge in [-0.3, -0.25) is 0 Å². The minimum absolute atomic E-state index is 0.320. The lowest BCUT2D eigenvalue weighted by molar-refractivity contribution is 0.299. The van der Waals surface area contributed by atoms with Gasteiger partial charge in [0.1, 0.15) is 0 Å². The SMILES string of the molecule is CCC(=NN(C)C)C(O)[Si](C)(C)C. The molecule has 78 valence electrons. The van der Waals surface area contributed by atoms with E-state index in [1.807, 2.05) is 21.0 Å². The van der Waals surface area contributed by atoms with Gasteiger partial charge in [-0.1, -0.05) is 26.6 Å². The minimum Gasteiger partial charge on any atom is -0.391 e. The summed E-state index contributed by atoms with van der Waals surface area (Å²) in [7, 11) is 2.25. The Bertz CT molecular complexity index is 185. The number of hydrazone groups is 1. The maximum atomic E-state index is 10.00. The number of hydrogen-bond donors (Lipinski definition) is 1. The summed E-state index contributed by atoms with van der Waals surface area (Å²) in [5, 5.41) is 16.0. The van der Waals surface area contributed by atoms with Crippen LogP contribution in [0.3, 0.4) is 0 Å². The third-order valence-corrected chi connectivity index (χ3v) is 3.80. The van der Waals surface area contributed by atoms with Crippen molar-refractivity contribution in [2.24, 2.45) is 5.10 Å². The summed E-state index contributed by atoms with van der Waals surface area (Å²) in [5.74, 6) is 0. The van der Waals surface area contributed by atoms with Crippen molar-refractivity contribution in [2.75, 3.05) is 14.1 Å². The van der Waals surface area contributed by atoms with Crippen molar-refractivity contribution < 1.29 is 5.11 Å². The van der Waals surface area contributed by atoms with Crippen LogP contribution >= 0.6 is 0 Å². The highest BCUT2D eigenvalue weighted by Crippen LogP contribution is 2.11. The van der Waals surface area contributed by atoms with Gasteiger partial charge in [0.2, 0.25) is 0 Å². The molecule has 0 aliphatic heterocycles. The molecule has 0 heterocycles. The van der Waals surface area contributed by atoms with Gasteiger partial charge >= 0.3 is 0 Å². The summed E-state index contributed by atoms with van der Waals surface area (Å²) in [5.41, 5.74) is 0.587. The fraction of sp³-hybridized carbons (Fsp3) is 0.889. The standard InChI is InChI=1S/C9H22N2OSi/c1-7-8(10-11(2)3)9(12)13(4,5)6/h9,12H,7H2,1-6H3. The summed E-state index contributed by atoms with van der Waals surface area (Å²) in [6.07, 6.45) is 0.823. The lowest BCUT2D eigenvalue weighted by Crippen LogP contribution is -2.44. The Labute approximate surface area is 82.5 Å². The Morgan fingerprint density at radius 2 is 1.85 bits per heavy atom. The summed E-state index contributed by atoms with van der Waals surface area (Å²) in [6, 6.07) is 0. The second-order valence-electron chi connectivity index (χ2n) is 4.56. The van der Waals surface area contributed by atoms with E-state index < -0.39 is 8.07 Å². The summed E-state index contributed by atoms with van der Waals surface area (Å²) in [4.78, 5) is 0. The topological polar surface area (TPSA) is 35.8 Å². The normalized spacial score (nSPS) is 15.8. The van der Waals surface area contributed by atoms with Gasteiger partial charge < -0.3 is 10.1 Å². The van der Waals surface area contributed by atoms with E-state index in [0.717, 1.165) is 12.1 Å². The van der Waals surface area contributed by atoms with Crippen LogP contribution in [-0.2, 0) is 0 Å². The number of nitrogens with zero attached hydrogens (tertiary/aromatic N) is 2. The van der Waals surface area contributed by atoms with Gasteiger partial charge in [0.05, 0.1) is 19.5 Å². The summed E-state index contributed by atoms with van der Waals surface area (Å²) in [6.45, 7) is 8.49. The number of aliphatic hydroxyl groups excluding tert-OH is 1. The van der Waals surface area contributed by atoms with Gasteiger partial charge in [0.15, 0.2) is 0 Å². The molecule has 3 nitrogen and oxygen atoms in total. The smallest absolute Gasteiger partial charge is 0.0855 e. The average molecular weight is 202 g/mol. The molecule has 0 spiro atoms. The quantitative estimate of drug-likeness (QED) is 0.426. The molecule has 0 saturated carbocycles. The molecule has 0 aromatic carbocycles. The van der Waals surface area contributed by atoms with Crippen LogP contribution in [0.4, 0.5) is 0 Å². The van der Waals surface area contributed by atoms with E-state index in [1.165, 1.54) is 0 Å². The number of rotatable bonds is 4. The van der Waals surface area contributed by atoms with E-state index >= 15 is 0 Å². The first-order valence-corrected chi connectivity index (χ1v) is 8.29. The van der Waals surface area contributed by atoms with Crippen molar-refractivity contribution in [3.8, 4) is 0 Å². The van der Waals surface area contributed by atoms with Crippen molar-refractivity contribution in [1.82, 2.24) is 5.01 Å². The molecule has 0 radical (unpaired) electrons. The second kappa shape index (κ2) is 4.76. The lowest BCUT2D eigenvalue weighted by Gasteiger charge is -2.25. The molecule has 13 heavy (non-hydrogen) atoms. The zero-order valence-electron chi connectivity index (χ0n) is 9.63. The van der Waals surface area contributed by atoms with Crippen molar-refractivity contribution in [2.45, 2.75) is 38.7 Å². The van der Waals surface area contributed by atoms with Crippen LogP contribution in [0, 0.1) is 0 Å². The lowest BCUT2D eigenvalue weighted by atomic mass is 10.3. The Kier molecular flexibility index (Phi) is 4.63. The molecule has 0 rings (SSSR count). The minimum atomic E-state index is -1.51. The molecule has 0 amide bonds. The molecule has 0 aromatic heterocycles. The molecule has 0 bridgehead atoms. The molecule has 1 N–H and O–H groups in total. The van der Waals surface area contributed by atoms with Crippen molar-refractivity contribution in [3.63, 3.8) is 0 Å². The largest absolute Gasteiger partial charge is 0.391 e. The first kappa shape index (κ1) is 12.6. The number of hydrogen-bond acceptors (Lipinski definition) is 3. The van der Waals surface area contributed by atoms with Gasteiger partial charge in [0.25, 0.3) is 0 Å². The van der Waals surface area contributed by atoms with Crippen LogP contribution < -0.4 is 0 Å². The van der Waals surface area contributed by atoms with Crippen LogP contribution in [-0.4, -0.2) is 43.7 Å². The molecule has 1 atom stereocenters. The highest BCUT2D eigenvalue weighted by Gasteiger charge is 2.28. The Morgan fingerprint density at radius 3 is 2.08 bits per heavy atom. The maximum Gasteiger partial charge on any atom is 0.0855 e. The highest BCUT2D eigenvalue weighted by atomic mass is 28.3. The summed E-state index contributed by atoms with van der Waals surface area (Å²) < 4.78 is 0. The molecule has 0 fully saturated rings.